The van der Waals surface area contributed by atoms with Crippen LogP contribution >= 0.6 is 0 Å². The molecule has 1 saturated heterocycles. The second kappa shape index (κ2) is 8.42. The summed E-state index contributed by atoms with van der Waals surface area (Å²) in [5.74, 6) is 0. The van der Waals surface area contributed by atoms with Crippen molar-refractivity contribution in [1.29, 1.82) is 0 Å². The summed E-state index contributed by atoms with van der Waals surface area (Å²) in [4.78, 5) is 20.9. The van der Waals surface area contributed by atoms with Gasteiger partial charge >= 0.3 is 6.03 Å². The Balaban J connectivity index is 1.49. The van der Waals surface area contributed by atoms with Crippen molar-refractivity contribution in [2.75, 3.05) is 31.1 Å². The Labute approximate surface area is 162 Å². The lowest BCUT2D eigenvalue weighted by atomic mass is 9.79. The molecule has 0 bridgehead atoms. The molecule has 3 rings (SSSR count). The average molecular weight is 367 g/mol. The number of nitrogens with one attached hydrogen (secondary N) is 1. The average Bonchev–Trinajstić information content (AvgIpc) is 2.69. The van der Waals surface area contributed by atoms with E-state index in [1.807, 2.05) is 35.5 Å². The Bertz CT molecular complexity index is 724. The van der Waals surface area contributed by atoms with E-state index < -0.39 is 0 Å². The SMILES string of the molecule is C[C@H](CC(C)(C)c1ccccc1)NC(=O)N1CCN(c2ccncc2)CC1. The maximum Gasteiger partial charge on any atom is 0.317 e. The highest BCUT2D eigenvalue weighted by atomic mass is 16.2. The van der Waals surface area contributed by atoms with Gasteiger partial charge in [0.1, 0.15) is 0 Å². The largest absolute Gasteiger partial charge is 0.368 e. The molecule has 5 nitrogen and oxygen atoms in total. The number of hydrogen-bond donors (Lipinski definition) is 1. The van der Waals surface area contributed by atoms with E-state index in [9.17, 15) is 4.79 Å². The number of urea groups is 1. The number of carbonyl (C=O) groups excluding carboxylic acids is 1. The first-order valence-corrected chi connectivity index (χ1v) is 9.72. The number of hydrogen-bond acceptors (Lipinski definition) is 3. The number of carbonyl (C=O) groups is 1. The summed E-state index contributed by atoms with van der Waals surface area (Å²) in [7, 11) is 0. The lowest BCUT2D eigenvalue weighted by Gasteiger charge is -2.37. The van der Waals surface area contributed by atoms with E-state index in [0.717, 1.165) is 32.6 Å². The quantitative estimate of drug-likeness (QED) is 0.878. The summed E-state index contributed by atoms with van der Waals surface area (Å²) in [5, 5.41) is 3.19. The molecule has 0 saturated carbocycles. The van der Waals surface area contributed by atoms with Gasteiger partial charge in [0.2, 0.25) is 0 Å². The van der Waals surface area contributed by atoms with Crippen molar-refractivity contribution in [2.24, 2.45) is 0 Å². The van der Waals surface area contributed by atoms with Crippen LogP contribution in [0, 0.1) is 0 Å². The van der Waals surface area contributed by atoms with E-state index in [4.69, 9.17) is 0 Å². The number of nitrogens with zero attached hydrogens (tertiary/aromatic N) is 3. The minimum atomic E-state index is 0.0218. The minimum Gasteiger partial charge on any atom is -0.368 e. The van der Waals surface area contributed by atoms with E-state index in [0.29, 0.717) is 0 Å². The summed E-state index contributed by atoms with van der Waals surface area (Å²) in [5.41, 5.74) is 2.49. The number of benzene rings is 1. The van der Waals surface area contributed by atoms with Crippen molar-refractivity contribution < 1.29 is 4.79 Å². The van der Waals surface area contributed by atoms with E-state index in [1.54, 1.807) is 0 Å². The highest BCUT2D eigenvalue weighted by molar-refractivity contribution is 5.75. The van der Waals surface area contributed by atoms with Crippen LogP contribution in [0.1, 0.15) is 32.8 Å². The highest BCUT2D eigenvalue weighted by Gasteiger charge is 2.26. The van der Waals surface area contributed by atoms with Crippen molar-refractivity contribution in [3.8, 4) is 0 Å². The molecule has 1 aliphatic rings. The van der Waals surface area contributed by atoms with Gasteiger partial charge in [-0.25, -0.2) is 4.79 Å². The molecule has 0 radical (unpaired) electrons. The second-order valence-corrected chi connectivity index (χ2v) is 7.98. The molecule has 1 fully saturated rings. The van der Waals surface area contributed by atoms with Gasteiger partial charge in [-0.05, 0) is 36.5 Å². The monoisotopic (exact) mass is 366 g/mol. The van der Waals surface area contributed by atoms with E-state index in [2.05, 4.69) is 60.2 Å². The van der Waals surface area contributed by atoms with Crippen LogP contribution in [0.5, 0.6) is 0 Å². The molecule has 27 heavy (non-hydrogen) atoms. The summed E-state index contributed by atoms with van der Waals surface area (Å²) < 4.78 is 0. The minimum absolute atomic E-state index is 0.0218. The molecule has 1 aromatic carbocycles. The van der Waals surface area contributed by atoms with E-state index in [1.165, 1.54) is 11.3 Å². The van der Waals surface area contributed by atoms with Crippen LogP contribution < -0.4 is 10.2 Å². The maximum absolute atomic E-state index is 12.7. The molecule has 2 heterocycles. The fourth-order valence-electron chi connectivity index (χ4n) is 3.85. The first-order chi connectivity index (χ1) is 13.0. The standard InChI is InChI=1S/C22H30N4O/c1-18(17-22(2,3)19-7-5-4-6-8-19)24-21(27)26-15-13-25(14-16-26)20-9-11-23-12-10-20/h4-12,18H,13-17H2,1-3H3,(H,24,27)/t18-/m1/s1. The van der Waals surface area contributed by atoms with Gasteiger partial charge < -0.3 is 15.1 Å². The fraction of sp³-hybridized carbons (Fsp3) is 0.455. The summed E-state index contributed by atoms with van der Waals surface area (Å²) in [6.07, 6.45) is 4.52. The molecular weight excluding hydrogens is 336 g/mol. The lowest BCUT2D eigenvalue weighted by molar-refractivity contribution is 0.189. The van der Waals surface area contributed by atoms with Gasteiger partial charge in [-0.15, -0.1) is 0 Å². The Morgan fingerprint density at radius 1 is 1.07 bits per heavy atom. The van der Waals surface area contributed by atoms with Gasteiger partial charge in [0.25, 0.3) is 0 Å². The third kappa shape index (κ3) is 5.00. The summed E-state index contributed by atoms with van der Waals surface area (Å²) in [6.45, 7) is 9.74. The van der Waals surface area contributed by atoms with Crippen LogP contribution in [0.3, 0.4) is 0 Å². The molecule has 1 atom stereocenters. The van der Waals surface area contributed by atoms with Crippen molar-refractivity contribution in [3.05, 3.63) is 60.4 Å². The van der Waals surface area contributed by atoms with Crippen LogP contribution in [-0.4, -0.2) is 48.1 Å². The Morgan fingerprint density at radius 2 is 1.70 bits per heavy atom. The smallest absolute Gasteiger partial charge is 0.317 e. The Morgan fingerprint density at radius 3 is 2.33 bits per heavy atom. The second-order valence-electron chi connectivity index (χ2n) is 7.98. The predicted octanol–water partition coefficient (Wildman–Crippen LogP) is 3.67. The number of pyridine rings is 1. The molecule has 1 N–H and O–H groups in total. The molecule has 1 aromatic heterocycles. The Kier molecular flexibility index (Phi) is 5.99. The van der Waals surface area contributed by atoms with E-state index in [-0.39, 0.29) is 17.5 Å². The molecule has 2 amide bonds. The number of amides is 2. The van der Waals surface area contributed by atoms with Crippen molar-refractivity contribution >= 4 is 11.7 Å². The first kappa shape index (κ1) is 19.2. The number of anilines is 1. The molecule has 0 spiro atoms. The zero-order valence-electron chi connectivity index (χ0n) is 16.6. The number of piperazine rings is 1. The zero-order chi connectivity index (χ0) is 19.3. The van der Waals surface area contributed by atoms with Crippen LogP contribution in [0.2, 0.25) is 0 Å². The van der Waals surface area contributed by atoms with Gasteiger partial charge in [0, 0.05) is 50.3 Å². The van der Waals surface area contributed by atoms with Crippen molar-refractivity contribution in [1.82, 2.24) is 15.2 Å². The van der Waals surface area contributed by atoms with Gasteiger partial charge in [-0.1, -0.05) is 44.2 Å². The van der Waals surface area contributed by atoms with Crippen molar-refractivity contribution in [3.63, 3.8) is 0 Å². The highest BCUT2D eigenvalue weighted by Crippen LogP contribution is 2.28. The third-order valence-electron chi connectivity index (χ3n) is 5.34. The van der Waals surface area contributed by atoms with Gasteiger partial charge in [-0.2, -0.15) is 0 Å². The van der Waals surface area contributed by atoms with Gasteiger partial charge in [0.15, 0.2) is 0 Å². The molecular formula is C22H30N4O. The van der Waals surface area contributed by atoms with Crippen LogP contribution in [0.4, 0.5) is 10.5 Å². The summed E-state index contributed by atoms with van der Waals surface area (Å²) in [6, 6.07) is 14.7. The third-order valence-corrected chi connectivity index (χ3v) is 5.34. The van der Waals surface area contributed by atoms with Crippen molar-refractivity contribution in [2.45, 2.75) is 38.6 Å². The normalized spacial score (nSPS) is 16.1. The van der Waals surface area contributed by atoms with Gasteiger partial charge in [-0.3, -0.25) is 4.98 Å². The molecule has 5 heteroatoms. The van der Waals surface area contributed by atoms with E-state index >= 15 is 0 Å². The molecule has 144 valence electrons. The molecule has 1 aliphatic heterocycles. The van der Waals surface area contributed by atoms with Crippen LogP contribution in [0.15, 0.2) is 54.9 Å². The molecule has 2 aromatic rings. The first-order valence-electron chi connectivity index (χ1n) is 9.72. The number of aromatic nitrogens is 1. The fourth-order valence-corrected chi connectivity index (χ4v) is 3.85. The number of rotatable bonds is 5. The summed E-state index contributed by atoms with van der Waals surface area (Å²) >= 11 is 0. The zero-order valence-corrected chi connectivity index (χ0v) is 16.6. The molecule has 0 aliphatic carbocycles. The maximum atomic E-state index is 12.7. The van der Waals surface area contributed by atoms with Crippen LogP contribution in [0.25, 0.3) is 0 Å². The molecule has 0 unspecified atom stereocenters. The Hall–Kier alpha value is -2.56. The van der Waals surface area contributed by atoms with Crippen LogP contribution in [-0.2, 0) is 5.41 Å². The lowest BCUT2D eigenvalue weighted by Crippen LogP contribution is -2.53. The predicted molar refractivity (Wildman–Crippen MR) is 110 cm³/mol. The topological polar surface area (TPSA) is 48.5 Å². The van der Waals surface area contributed by atoms with Gasteiger partial charge in [0.05, 0.1) is 0 Å².